The largest absolute Gasteiger partial charge is 0.381 e. The highest BCUT2D eigenvalue weighted by Gasteiger charge is 2.09. The number of halogens is 1. The molecule has 6 heteroatoms. The zero-order valence-corrected chi connectivity index (χ0v) is 12.3. The van der Waals surface area contributed by atoms with Crippen molar-refractivity contribution in [3.8, 4) is 0 Å². The van der Waals surface area contributed by atoms with Gasteiger partial charge in [-0.15, -0.1) is 0 Å². The summed E-state index contributed by atoms with van der Waals surface area (Å²) >= 11 is 6.07. The number of nitrogens with one attached hydrogen (secondary N) is 1. The Bertz CT molecular complexity index is 647. The zero-order chi connectivity index (χ0) is 15.2. The molecule has 0 bridgehead atoms. The maximum atomic E-state index is 10.8. The predicted octanol–water partition coefficient (Wildman–Crippen LogP) is 4.01. The van der Waals surface area contributed by atoms with E-state index in [9.17, 15) is 10.1 Å². The minimum Gasteiger partial charge on any atom is -0.381 e. The Labute approximate surface area is 127 Å². The quantitative estimate of drug-likeness (QED) is 0.647. The van der Waals surface area contributed by atoms with Crippen molar-refractivity contribution in [1.82, 2.24) is 0 Å². The SMILES string of the molecule is COCc1cccc(NCc2cc([N+](=O)[O-])ccc2Cl)c1. The molecular formula is C15H15ClN2O3. The molecule has 0 spiro atoms. The van der Waals surface area contributed by atoms with Gasteiger partial charge < -0.3 is 10.1 Å². The third-order valence-electron chi connectivity index (χ3n) is 2.96. The van der Waals surface area contributed by atoms with Crippen molar-refractivity contribution in [1.29, 1.82) is 0 Å². The number of nitrogens with zero attached hydrogens (tertiary/aromatic N) is 1. The van der Waals surface area contributed by atoms with Crippen molar-refractivity contribution in [2.75, 3.05) is 12.4 Å². The van der Waals surface area contributed by atoms with Crippen molar-refractivity contribution in [3.05, 3.63) is 68.7 Å². The number of nitro groups is 1. The number of rotatable bonds is 6. The van der Waals surface area contributed by atoms with Crippen LogP contribution >= 0.6 is 11.6 Å². The maximum Gasteiger partial charge on any atom is 0.269 e. The first-order valence-corrected chi connectivity index (χ1v) is 6.72. The van der Waals surface area contributed by atoms with Crippen molar-refractivity contribution in [2.45, 2.75) is 13.2 Å². The summed E-state index contributed by atoms with van der Waals surface area (Å²) in [6.07, 6.45) is 0. The van der Waals surface area contributed by atoms with E-state index >= 15 is 0 Å². The molecule has 0 aliphatic heterocycles. The number of benzene rings is 2. The highest BCUT2D eigenvalue weighted by atomic mass is 35.5. The molecule has 21 heavy (non-hydrogen) atoms. The minimum atomic E-state index is -0.432. The van der Waals surface area contributed by atoms with E-state index in [1.54, 1.807) is 7.11 Å². The highest BCUT2D eigenvalue weighted by Crippen LogP contribution is 2.23. The van der Waals surface area contributed by atoms with Crippen LogP contribution in [0.3, 0.4) is 0 Å². The molecule has 0 saturated carbocycles. The molecule has 0 amide bonds. The Hall–Kier alpha value is -2.11. The zero-order valence-electron chi connectivity index (χ0n) is 11.5. The first-order chi connectivity index (χ1) is 10.1. The Kier molecular flexibility index (Phi) is 5.14. The van der Waals surface area contributed by atoms with Crippen LogP contribution in [-0.4, -0.2) is 12.0 Å². The van der Waals surface area contributed by atoms with Crippen molar-refractivity contribution >= 4 is 23.0 Å². The van der Waals surface area contributed by atoms with Gasteiger partial charge in [0.15, 0.2) is 0 Å². The van der Waals surface area contributed by atoms with E-state index in [-0.39, 0.29) is 5.69 Å². The summed E-state index contributed by atoms with van der Waals surface area (Å²) in [4.78, 5) is 10.4. The van der Waals surface area contributed by atoms with Crippen LogP contribution in [0.1, 0.15) is 11.1 Å². The summed E-state index contributed by atoms with van der Waals surface area (Å²) in [6, 6.07) is 12.2. The Morgan fingerprint density at radius 2 is 2.10 bits per heavy atom. The summed E-state index contributed by atoms with van der Waals surface area (Å²) in [5, 5.41) is 14.5. The third kappa shape index (κ3) is 4.18. The number of hydrogen-bond acceptors (Lipinski definition) is 4. The van der Waals surface area contributed by atoms with Crippen molar-refractivity contribution in [3.63, 3.8) is 0 Å². The molecule has 0 aromatic heterocycles. The summed E-state index contributed by atoms with van der Waals surface area (Å²) < 4.78 is 5.08. The summed E-state index contributed by atoms with van der Waals surface area (Å²) in [6.45, 7) is 0.948. The van der Waals surface area contributed by atoms with E-state index in [0.717, 1.165) is 11.3 Å². The summed E-state index contributed by atoms with van der Waals surface area (Å²) in [7, 11) is 1.64. The second kappa shape index (κ2) is 7.06. The normalized spacial score (nSPS) is 10.4. The van der Waals surface area contributed by atoms with Gasteiger partial charge in [0.05, 0.1) is 11.5 Å². The van der Waals surface area contributed by atoms with Crippen molar-refractivity contribution in [2.24, 2.45) is 0 Å². The molecule has 0 atom stereocenters. The fraction of sp³-hybridized carbons (Fsp3) is 0.200. The first-order valence-electron chi connectivity index (χ1n) is 6.34. The van der Waals surface area contributed by atoms with Gasteiger partial charge in [0.1, 0.15) is 0 Å². The molecule has 5 nitrogen and oxygen atoms in total. The fourth-order valence-corrected chi connectivity index (χ4v) is 2.13. The number of non-ortho nitro benzene ring substituents is 1. The third-order valence-corrected chi connectivity index (χ3v) is 3.33. The molecule has 0 heterocycles. The standard InChI is InChI=1S/C15H15ClN2O3/c1-21-10-11-3-2-4-13(7-11)17-9-12-8-14(18(19)20)5-6-15(12)16/h2-8,17H,9-10H2,1H3. The van der Waals surface area contributed by atoms with Gasteiger partial charge in [0.25, 0.3) is 5.69 Å². The summed E-state index contributed by atoms with van der Waals surface area (Å²) in [5.41, 5.74) is 2.67. The monoisotopic (exact) mass is 306 g/mol. The smallest absolute Gasteiger partial charge is 0.269 e. The minimum absolute atomic E-state index is 0.0318. The lowest BCUT2D eigenvalue weighted by molar-refractivity contribution is -0.384. The molecule has 0 saturated heterocycles. The molecule has 2 aromatic carbocycles. The molecular weight excluding hydrogens is 292 g/mol. The first kappa shape index (κ1) is 15.3. The molecule has 1 N–H and O–H groups in total. The van der Waals surface area contributed by atoms with E-state index < -0.39 is 4.92 Å². The van der Waals surface area contributed by atoms with E-state index in [4.69, 9.17) is 16.3 Å². The number of hydrogen-bond donors (Lipinski definition) is 1. The maximum absolute atomic E-state index is 10.8. The van der Waals surface area contributed by atoms with Crippen LogP contribution in [0.4, 0.5) is 11.4 Å². The Morgan fingerprint density at radius 3 is 2.81 bits per heavy atom. The van der Waals surface area contributed by atoms with Gasteiger partial charge in [-0.1, -0.05) is 23.7 Å². The van der Waals surface area contributed by atoms with Crippen LogP contribution in [-0.2, 0) is 17.9 Å². The van der Waals surface area contributed by atoms with Gasteiger partial charge in [-0.25, -0.2) is 0 Å². The van der Waals surface area contributed by atoms with E-state index in [2.05, 4.69) is 5.32 Å². The molecule has 0 fully saturated rings. The lowest BCUT2D eigenvalue weighted by Gasteiger charge is -2.09. The van der Waals surface area contributed by atoms with Crippen LogP contribution in [0.25, 0.3) is 0 Å². The fourth-order valence-electron chi connectivity index (χ4n) is 1.95. The average molecular weight is 307 g/mol. The van der Waals surface area contributed by atoms with Gasteiger partial charge in [-0.3, -0.25) is 10.1 Å². The summed E-state index contributed by atoms with van der Waals surface area (Å²) in [5.74, 6) is 0. The van der Waals surface area contributed by atoms with Gasteiger partial charge in [-0.2, -0.15) is 0 Å². The van der Waals surface area contributed by atoms with Gasteiger partial charge >= 0.3 is 0 Å². The van der Waals surface area contributed by atoms with Gasteiger partial charge in [0.2, 0.25) is 0 Å². The molecule has 0 unspecified atom stereocenters. The molecule has 0 aliphatic carbocycles. The Balaban J connectivity index is 2.10. The Morgan fingerprint density at radius 1 is 1.29 bits per heavy atom. The lowest BCUT2D eigenvalue weighted by Crippen LogP contribution is -2.01. The number of anilines is 1. The van der Waals surface area contributed by atoms with Crippen molar-refractivity contribution < 1.29 is 9.66 Å². The van der Waals surface area contributed by atoms with Gasteiger partial charge in [0, 0.05) is 36.5 Å². The van der Waals surface area contributed by atoms with E-state index in [1.165, 1.54) is 18.2 Å². The lowest BCUT2D eigenvalue weighted by atomic mass is 10.1. The molecule has 0 radical (unpaired) electrons. The number of nitro benzene ring substituents is 1. The molecule has 0 aliphatic rings. The van der Waals surface area contributed by atoms with Crippen LogP contribution in [0, 0.1) is 10.1 Å². The predicted molar refractivity (Wildman–Crippen MR) is 82.6 cm³/mol. The number of methoxy groups -OCH3 is 1. The van der Waals surface area contributed by atoms with Crippen LogP contribution in [0.15, 0.2) is 42.5 Å². The molecule has 2 aromatic rings. The van der Waals surface area contributed by atoms with Crippen LogP contribution < -0.4 is 5.32 Å². The van der Waals surface area contributed by atoms with Crippen LogP contribution in [0.2, 0.25) is 5.02 Å². The molecule has 2 rings (SSSR count). The topological polar surface area (TPSA) is 64.4 Å². The van der Waals surface area contributed by atoms with E-state index in [0.29, 0.717) is 23.7 Å². The molecule has 110 valence electrons. The average Bonchev–Trinajstić information content (AvgIpc) is 2.47. The van der Waals surface area contributed by atoms with Gasteiger partial charge in [-0.05, 0) is 29.3 Å². The second-order valence-electron chi connectivity index (χ2n) is 4.52. The highest BCUT2D eigenvalue weighted by molar-refractivity contribution is 6.31. The van der Waals surface area contributed by atoms with Crippen LogP contribution in [0.5, 0.6) is 0 Å². The second-order valence-corrected chi connectivity index (χ2v) is 4.93. The number of ether oxygens (including phenoxy) is 1. The van der Waals surface area contributed by atoms with E-state index in [1.807, 2.05) is 24.3 Å².